The summed E-state index contributed by atoms with van der Waals surface area (Å²) in [6.07, 6.45) is 0.715. The van der Waals surface area contributed by atoms with Gasteiger partial charge in [-0.3, -0.25) is 14.9 Å². The fraction of sp³-hybridized carbons (Fsp3) is 0.467. The van der Waals surface area contributed by atoms with E-state index in [9.17, 15) is 19.7 Å². The van der Waals surface area contributed by atoms with Crippen LogP contribution in [0.3, 0.4) is 0 Å². The number of rotatable bonds is 9. The first kappa shape index (κ1) is 28.7. The quantitative estimate of drug-likeness (QED) is 0.296. The smallest absolute Gasteiger partial charge is 0.412 e. The first-order valence-electron chi connectivity index (χ1n) is 8.03. The molecule has 0 aliphatic carbocycles. The summed E-state index contributed by atoms with van der Waals surface area (Å²) < 4.78 is 9.58. The Labute approximate surface area is 191 Å². The number of nitrogens with one attached hydrogen (secondary N) is 2. The van der Waals surface area contributed by atoms with E-state index in [1.165, 1.54) is 24.3 Å². The number of carbonyl (C=O) groups is 2. The van der Waals surface area contributed by atoms with E-state index in [0.29, 0.717) is 6.54 Å². The number of ether oxygens (including phenoxy) is 2. The van der Waals surface area contributed by atoms with Crippen molar-refractivity contribution >= 4 is 17.9 Å². The minimum absolute atomic E-state index is 0. The number of carbonyl (C=O) groups excluding carboxylic acids is 2. The first-order chi connectivity index (χ1) is 13.1. The van der Waals surface area contributed by atoms with Crippen LogP contribution in [0.2, 0.25) is 0 Å². The van der Waals surface area contributed by atoms with E-state index in [4.69, 9.17) is 25.8 Å². The zero-order valence-electron chi connectivity index (χ0n) is 15.6. The van der Waals surface area contributed by atoms with Gasteiger partial charge in [-0.25, -0.2) is 4.79 Å². The van der Waals surface area contributed by atoms with Gasteiger partial charge >= 0.3 is 6.09 Å². The van der Waals surface area contributed by atoms with Crippen molar-refractivity contribution < 1.29 is 67.0 Å². The Balaban J connectivity index is 0. The molecule has 2 amide bonds. The van der Waals surface area contributed by atoms with Crippen LogP contribution in [-0.2, 0) is 37.4 Å². The van der Waals surface area contributed by atoms with Gasteiger partial charge < -0.3 is 25.7 Å². The van der Waals surface area contributed by atoms with E-state index in [1.807, 2.05) is 6.92 Å². The molecule has 0 spiro atoms. The predicted molar refractivity (Wildman–Crippen MR) is 94.6 cm³/mol. The molecule has 1 unspecified atom stereocenters. The molecule has 14 heteroatoms. The molecule has 0 bridgehead atoms. The average molecular weight is 490 g/mol. The molecule has 0 saturated heterocycles. The molecule has 0 saturated carbocycles. The molecule has 3 N–H and O–H groups in total. The number of nitrogens with zero attached hydrogens (tertiary/aromatic N) is 2. The van der Waals surface area contributed by atoms with Crippen molar-refractivity contribution in [3.05, 3.63) is 50.2 Å². The van der Waals surface area contributed by atoms with Crippen LogP contribution in [0.5, 0.6) is 5.75 Å². The number of nitro groups is 1. The summed E-state index contributed by atoms with van der Waals surface area (Å²) in [6, 6.07) is 5.22. The van der Waals surface area contributed by atoms with Crippen LogP contribution in [-0.4, -0.2) is 40.6 Å². The zero-order chi connectivity index (χ0) is 21.5. The number of nitro benzene ring substituents is 1. The van der Waals surface area contributed by atoms with Crippen molar-refractivity contribution in [3.8, 4) is 5.75 Å². The summed E-state index contributed by atoms with van der Waals surface area (Å²) in [5.41, 5.74) is 6.55. The van der Waals surface area contributed by atoms with Gasteiger partial charge in [-0.2, -0.15) is 0 Å². The van der Waals surface area contributed by atoms with E-state index in [2.05, 4.69) is 10.1 Å². The van der Waals surface area contributed by atoms with Gasteiger partial charge in [0.15, 0.2) is 0 Å². The molecule has 0 fully saturated rings. The van der Waals surface area contributed by atoms with E-state index >= 15 is 0 Å². The third kappa shape index (κ3) is 17.3. The molecule has 1 aromatic carbocycles. The SMILES string of the molecule is CC(CCCCNC(=O)Oc1ccc([N+](=O)[O-])cc1)COC([NH-])=O.O=[N+]([O-])O.[Y]. The van der Waals surface area contributed by atoms with Gasteiger partial charge in [0.05, 0.1) is 11.5 Å². The third-order valence-electron chi connectivity index (χ3n) is 3.15. The van der Waals surface area contributed by atoms with Crippen LogP contribution in [0.15, 0.2) is 24.3 Å². The number of amides is 2. The minimum atomic E-state index is -1.50. The van der Waals surface area contributed by atoms with Gasteiger partial charge in [0, 0.05) is 51.4 Å². The Morgan fingerprint density at radius 2 is 1.76 bits per heavy atom. The maximum Gasteiger partial charge on any atom is 0.412 e. The molecule has 13 nitrogen and oxygen atoms in total. The monoisotopic (exact) mass is 490 g/mol. The second-order valence-electron chi connectivity index (χ2n) is 5.50. The van der Waals surface area contributed by atoms with Gasteiger partial charge in [-0.15, -0.1) is 10.1 Å². The number of non-ortho nitro benzene ring substituents is 1. The molecule has 1 atom stereocenters. The van der Waals surface area contributed by atoms with Gasteiger partial charge in [-0.1, -0.05) is 13.3 Å². The summed E-state index contributed by atoms with van der Waals surface area (Å²) in [7, 11) is 0. The molecule has 0 heterocycles. The summed E-state index contributed by atoms with van der Waals surface area (Å²) in [5, 5.41) is 26.7. The summed E-state index contributed by atoms with van der Waals surface area (Å²) >= 11 is 0. The van der Waals surface area contributed by atoms with Gasteiger partial charge in [0.2, 0.25) is 6.09 Å². The summed E-state index contributed by atoms with van der Waals surface area (Å²) in [5.74, 6) is 0.385. The minimum Gasteiger partial charge on any atom is -0.632 e. The predicted octanol–water partition coefficient (Wildman–Crippen LogP) is 3.33. The van der Waals surface area contributed by atoms with Crippen molar-refractivity contribution in [1.29, 1.82) is 0 Å². The van der Waals surface area contributed by atoms with Crippen molar-refractivity contribution in [2.75, 3.05) is 13.2 Å². The maximum atomic E-state index is 11.6. The Morgan fingerprint density at radius 3 is 2.24 bits per heavy atom. The number of hydrogen-bond donors (Lipinski definition) is 2. The Morgan fingerprint density at radius 1 is 1.21 bits per heavy atom. The van der Waals surface area contributed by atoms with Crippen LogP contribution in [0.1, 0.15) is 26.2 Å². The van der Waals surface area contributed by atoms with Crippen LogP contribution in [0, 0.1) is 26.1 Å². The van der Waals surface area contributed by atoms with E-state index in [-0.39, 0.29) is 56.7 Å². The van der Waals surface area contributed by atoms with Crippen molar-refractivity contribution in [2.24, 2.45) is 5.92 Å². The Hall–Kier alpha value is -2.54. The molecule has 29 heavy (non-hydrogen) atoms. The van der Waals surface area contributed by atoms with Gasteiger partial charge in [0.25, 0.3) is 10.8 Å². The molecule has 0 aliphatic heterocycles. The van der Waals surface area contributed by atoms with Crippen LogP contribution >= 0.6 is 0 Å². The second kappa shape index (κ2) is 16.4. The van der Waals surface area contributed by atoms with Crippen LogP contribution in [0.4, 0.5) is 15.3 Å². The molecule has 0 aliphatic rings. The average Bonchev–Trinajstić information content (AvgIpc) is 2.59. The van der Waals surface area contributed by atoms with Crippen LogP contribution in [0.25, 0.3) is 5.73 Å². The topological polar surface area (TPSA) is 195 Å². The standard InChI is InChI=1S/C15H21N3O6.HNO3.Y/c1-11(10-23-14(16)19)4-2-3-9-17-15(20)24-13-7-5-12(6-8-13)18(21)22;2-1(3)4;/h5-8,11H,2-4,9-10H2,1H3,(H3,16,17,19,20);(H,2,3,4);/p-1. The molecule has 159 valence electrons. The normalized spacial score (nSPS) is 10.2. The Bertz CT molecular complexity index is 654. The molecule has 1 radical (unpaired) electrons. The molecule has 1 aromatic rings. The summed E-state index contributed by atoms with van der Waals surface area (Å²) in [4.78, 5) is 40.3. The maximum absolute atomic E-state index is 11.6. The number of hydrogen-bond acceptors (Lipinski definition) is 8. The van der Waals surface area contributed by atoms with E-state index < -0.39 is 22.2 Å². The largest absolute Gasteiger partial charge is 0.632 e. The third-order valence-corrected chi connectivity index (χ3v) is 3.15. The van der Waals surface area contributed by atoms with Crippen LogP contribution < -0.4 is 10.1 Å². The molecular weight excluding hydrogens is 469 g/mol. The molecule has 0 aromatic heterocycles. The van der Waals surface area contributed by atoms with Crippen molar-refractivity contribution in [2.45, 2.75) is 26.2 Å². The van der Waals surface area contributed by atoms with Gasteiger partial charge in [-0.05, 0) is 30.9 Å². The molecule has 1 rings (SSSR count). The fourth-order valence-electron chi connectivity index (χ4n) is 1.89. The zero-order valence-corrected chi connectivity index (χ0v) is 18.4. The molecular formula is C15H21N4O9Y-. The van der Waals surface area contributed by atoms with Crippen molar-refractivity contribution in [1.82, 2.24) is 5.32 Å². The summed E-state index contributed by atoms with van der Waals surface area (Å²) in [6.45, 7) is 2.56. The number of unbranched alkanes of at least 4 members (excludes halogenated alkanes) is 1. The number of benzene rings is 1. The first-order valence-corrected chi connectivity index (χ1v) is 8.03. The Kier molecular flexibility index (Phi) is 16.2. The van der Waals surface area contributed by atoms with E-state index in [1.54, 1.807) is 0 Å². The van der Waals surface area contributed by atoms with Crippen molar-refractivity contribution in [3.63, 3.8) is 0 Å². The fourth-order valence-corrected chi connectivity index (χ4v) is 1.89. The second-order valence-corrected chi connectivity index (χ2v) is 5.50. The van der Waals surface area contributed by atoms with E-state index in [0.717, 1.165) is 19.3 Å². The van der Waals surface area contributed by atoms with Gasteiger partial charge in [0.1, 0.15) is 5.75 Å².